The molecule has 0 amide bonds. The largest absolute Gasteiger partial charge is 0.468 e. The van der Waals surface area contributed by atoms with Gasteiger partial charge < -0.3 is 20.4 Å². The molecule has 0 saturated carbocycles. The Morgan fingerprint density at radius 2 is 0.968 bits per heavy atom. The van der Waals surface area contributed by atoms with Crippen molar-refractivity contribution < 1.29 is 56.0 Å². The third-order valence-electron chi connectivity index (χ3n) is 10.1. The van der Waals surface area contributed by atoms with Crippen molar-refractivity contribution in [2.75, 3.05) is 27.3 Å². The molecule has 2 atom stereocenters. The van der Waals surface area contributed by atoms with E-state index in [2.05, 4.69) is 32.7 Å². The van der Waals surface area contributed by atoms with Gasteiger partial charge >= 0.3 is 11.9 Å². The Labute approximate surface area is 377 Å². The molecule has 332 valence electrons. The van der Waals surface area contributed by atoms with Gasteiger partial charge in [0.2, 0.25) is 0 Å². The van der Waals surface area contributed by atoms with Crippen LogP contribution >= 0.6 is 45.9 Å². The Morgan fingerprint density at radius 1 is 0.597 bits per heavy atom. The summed E-state index contributed by atoms with van der Waals surface area (Å²) in [7, 11) is -6.09. The van der Waals surface area contributed by atoms with Crippen LogP contribution in [-0.2, 0) is 65.2 Å². The molecule has 0 radical (unpaired) electrons. The predicted octanol–water partition coefficient (Wildman–Crippen LogP) is 7.03. The van der Waals surface area contributed by atoms with Crippen LogP contribution in [0.5, 0.6) is 0 Å². The molecular formula is C42H44Cl2N2O12S4. The quantitative estimate of drug-likeness (QED) is 0.116. The zero-order valence-corrected chi connectivity index (χ0v) is 38.0. The maximum absolute atomic E-state index is 12.3. The molecule has 4 aromatic carbocycles. The first-order valence-electron chi connectivity index (χ1n) is 18.3. The first-order chi connectivity index (χ1) is 28.6. The number of carbonyl (C=O) groups excluding carboxylic acids is 2. The molecule has 0 bridgehead atoms. The minimum absolute atomic E-state index is 0. The lowest BCUT2D eigenvalue weighted by Gasteiger charge is -2.33. The van der Waals surface area contributed by atoms with Crippen LogP contribution in [-0.4, -0.2) is 85.9 Å². The van der Waals surface area contributed by atoms with Crippen molar-refractivity contribution in [1.29, 1.82) is 0 Å². The number of ether oxygens (including phenoxy) is 2. The van der Waals surface area contributed by atoms with Crippen LogP contribution in [0.1, 0.15) is 44.1 Å². The monoisotopic (exact) mass is 966 g/mol. The molecule has 0 spiro atoms. The van der Waals surface area contributed by atoms with Crippen molar-refractivity contribution in [3.63, 3.8) is 0 Å². The molecule has 8 rings (SSSR count). The molecule has 4 heterocycles. The van der Waals surface area contributed by atoms with Gasteiger partial charge in [-0.15, -0.1) is 22.7 Å². The van der Waals surface area contributed by atoms with Crippen LogP contribution in [0.2, 0.25) is 10.0 Å². The van der Waals surface area contributed by atoms with Gasteiger partial charge in [-0.25, -0.2) is 9.59 Å². The first kappa shape index (κ1) is 50.4. The van der Waals surface area contributed by atoms with Gasteiger partial charge in [-0.05, 0) is 82.3 Å². The van der Waals surface area contributed by atoms with Crippen molar-refractivity contribution in [2.45, 2.75) is 47.8 Å². The summed E-state index contributed by atoms with van der Waals surface area (Å²) in [5.74, 6) is -0.524. The summed E-state index contributed by atoms with van der Waals surface area (Å²) in [5.41, 5.74) is 4.22. The molecule has 2 aliphatic rings. The molecule has 0 saturated heterocycles. The predicted molar refractivity (Wildman–Crippen MR) is 240 cm³/mol. The number of methoxy groups -OCH3 is 2. The Bertz CT molecular complexity index is 2540. The lowest BCUT2D eigenvalue weighted by atomic mass is 10.0. The first-order valence-corrected chi connectivity index (χ1v) is 23.7. The number of benzene rings is 4. The summed E-state index contributed by atoms with van der Waals surface area (Å²) in [6.45, 7) is 3.17. The van der Waals surface area contributed by atoms with Crippen molar-refractivity contribution >= 4 is 88.8 Å². The van der Waals surface area contributed by atoms with E-state index < -0.39 is 42.1 Å². The van der Waals surface area contributed by atoms with Gasteiger partial charge in [0, 0.05) is 56.8 Å². The lowest BCUT2D eigenvalue weighted by molar-refractivity contribution is -0.148. The zero-order chi connectivity index (χ0) is 43.2. The highest BCUT2D eigenvalue weighted by Gasteiger charge is 2.34. The second kappa shape index (κ2) is 21.9. The molecule has 0 unspecified atom stereocenters. The maximum Gasteiger partial charge on any atom is 0.327 e. The van der Waals surface area contributed by atoms with E-state index in [-0.39, 0.29) is 33.7 Å². The molecule has 6 aromatic rings. The average molecular weight is 968 g/mol. The molecule has 2 aliphatic heterocycles. The SMILES string of the molecule is COC(=O)[C@H](c1ccccc1Cl)N1CCc2sccc2C1.COC(=O)[C@H](c1ccccc1Cl)N1CCc2sccc2C1.O.O.O=S(=O)(O)c1cccc2c(S(=O)(=O)O)cccc12. The van der Waals surface area contributed by atoms with Gasteiger partial charge in [0.25, 0.3) is 20.2 Å². The Morgan fingerprint density at radius 3 is 1.31 bits per heavy atom. The van der Waals surface area contributed by atoms with E-state index in [1.165, 1.54) is 59.4 Å². The van der Waals surface area contributed by atoms with E-state index in [1.54, 1.807) is 22.7 Å². The third kappa shape index (κ3) is 11.6. The topological polar surface area (TPSA) is 231 Å². The standard InChI is InChI=1S/2C16H16ClNO2S.C10H8O6S2.2H2O/c2*1-20-16(19)15(12-4-2-3-5-13(12)17)18-8-6-14-11(10-18)7-9-21-14;11-17(12,13)9-5-1-3-7-8(9)4-2-6-10(7)18(14,15)16;;/h2*2-5,7,9,15H,6,8,10H2,1H3;1-6H,(H,11,12,13)(H,14,15,16);2*1H2/t2*15-;;;/m00.../s1. The Balaban J connectivity index is 0.000000202. The van der Waals surface area contributed by atoms with Crippen molar-refractivity contribution in [1.82, 2.24) is 9.80 Å². The van der Waals surface area contributed by atoms with Gasteiger partial charge in [0.15, 0.2) is 0 Å². The number of halogens is 2. The third-order valence-corrected chi connectivity index (χ3v) is 14.6. The van der Waals surface area contributed by atoms with Gasteiger partial charge in [0.05, 0.1) is 14.2 Å². The van der Waals surface area contributed by atoms with E-state index in [4.69, 9.17) is 41.8 Å². The fourth-order valence-electron chi connectivity index (χ4n) is 7.25. The van der Waals surface area contributed by atoms with E-state index >= 15 is 0 Å². The Kier molecular flexibility index (Phi) is 17.8. The molecule has 6 N–H and O–H groups in total. The summed E-state index contributed by atoms with van der Waals surface area (Å²) in [6.07, 6.45) is 1.93. The minimum Gasteiger partial charge on any atom is -0.468 e. The van der Waals surface area contributed by atoms with Crippen LogP contribution in [0, 0.1) is 0 Å². The highest BCUT2D eigenvalue weighted by molar-refractivity contribution is 7.86. The summed E-state index contributed by atoms with van der Waals surface area (Å²) < 4.78 is 72.7. The number of nitrogens with zero attached hydrogens (tertiary/aromatic N) is 2. The average Bonchev–Trinajstić information content (AvgIpc) is 3.91. The van der Waals surface area contributed by atoms with Crippen molar-refractivity contribution in [3.8, 4) is 0 Å². The molecule has 20 heteroatoms. The Hall–Kier alpha value is -4.28. The second-order valence-electron chi connectivity index (χ2n) is 13.6. The summed E-state index contributed by atoms with van der Waals surface area (Å²) in [5, 5.41) is 5.46. The van der Waals surface area contributed by atoms with E-state index in [0.717, 1.165) is 62.3 Å². The fourth-order valence-corrected chi connectivity index (χ4v) is 10.9. The number of esters is 2. The van der Waals surface area contributed by atoms with E-state index in [0.29, 0.717) is 10.0 Å². The van der Waals surface area contributed by atoms with E-state index in [1.807, 2.05) is 48.5 Å². The number of carbonyl (C=O) groups is 2. The number of thiophene rings is 2. The molecule has 14 nitrogen and oxygen atoms in total. The molecule has 62 heavy (non-hydrogen) atoms. The van der Waals surface area contributed by atoms with Gasteiger partial charge in [0.1, 0.15) is 21.9 Å². The van der Waals surface area contributed by atoms with Crippen molar-refractivity contribution in [2.24, 2.45) is 0 Å². The van der Waals surface area contributed by atoms with Gasteiger partial charge in [-0.2, -0.15) is 16.8 Å². The van der Waals surface area contributed by atoms with Gasteiger partial charge in [-0.1, -0.05) is 83.9 Å². The number of hydrogen-bond acceptors (Lipinski definition) is 12. The van der Waals surface area contributed by atoms with Crippen LogP contribution in [0.4, 0.5) is 0 Å². The van der Waals surface area contributed by atoms with Crippen molar-refractivity contribution in [3.05, 3.63) is 150 Å². The smallest absolute Gasteiger partial charge is 0.327 e. The lowest BCUT2D eigenvalue weighted by Crippen LogP contribution is -2.38. The van der Waals surface area contributed by atoms with Crippen LogP contribution < -0.4 is 0 Å². The maximum atomic E-state index is 12.3. The highest BCUT2D eigenvalue weighted by atomic mass is 35.5. The summed E-state index contributed by atoms with van der Waals surface area (Å²) >= 11 is 16.1. The fraction of sp³-hybridized carbons (Fsp3) is 0.238. The normalized spacial score (nSPS) is 14.7. The van der Waals surface area contributed by atoms with Crippen LogP contribution in [0.3, 0.4) is 0 Å². The summed E-state index contributed by atoms with van der Waals surface area (Å²) in [6, 6.07) is 25.8. The molecule has 0 aliphatic carbocycles. The van der Waals surface area contributed by atoms with E-state index in [9.17, 15) is 26.4 Å². The zero-order valence-electron chi connectivity index (χ0n) is 33.2. The number of rotatable bonds is 8. The number of fused-ring (bicyclic) bond motifs is 3. The van der Waals surface area contributed by atoms with Crippen LogP contribution in [0.15, 0.2) is 118 Å². The molecular weight excluding hydrogens is 924 g/mol. The highest BCUT2D eigenvalue weighted by Crippen LogP contribution is 2.36. The molecule has 0 fully saturated rings. The van der Waals surface area contributed by atoms with Crippen LogP contribution in [0.25, 0.3) is 10.8 Å². The molecule has 2 aromatic heterocycles. The van der Waals surface area contributed by atoms with Gasteiger partial charge in [-0.3, -0.25) is 18.9 Å². The summed E-state index contributed by atoms with van der Waals surface area (Å²) in [4.78, 5) is 30.9. The number of hydrogen-bond donors (Lipinski definition) is 2. The minimum atomic E-state index is -4.47. The second-order valence-corrected chi connectivity index (χ2v) is 19.2.